The third kappa shape index (κ3) is 2.80. The van der Waals surface area contributed by atoms with E-state index in [0.717, 1.165) is 23.9 Å². The second-order valence-corrected chi connectivity index (χ2v) is 5.25. The zero-order valence-corrected chi connectivity index (χ0v) is 12.8. The number of ether oxygens (including phenoxy) is 1. The van der Waals surface area contributed by atoms with Gasteiger partial charge in [0, 0.05) is 11.9 Å². The van der Waals surface area contributed by atoms with Gasteiger partial charge in [0.1, 0.15) is 5.52 Å². The summed E-state index contributed by atoms with van der Waals surface area (Å²) in [7, 11) is 0. The van der Waals surface area contributed by atoms with E-state index in [9.17, 15) is 0 Å². The highest BCUT2D eigenvalue weighted by Gasteiger charge is 2.14. The molecule has 0 aliphatic rings. The van der Waals surface area contributed by atoms with Gasteiger partial charge in [-0.15, -0.1) is 0 Å². The molecule has 7 heteroatoms. The van der Waals surface area contributed by atoms with Crippen molar-refractivity contribution in [1.29, 1.82) is 0 Å². The molecule has 0 fully saturated rings. The highest BCUT2D eigenvalue weighted by molar-refractivity contribution is 6.34. The maximum atomic E-state index is 6.17. The lowest BCUT2D eigenvalue weighted by molar-refractivity contribution is 0.442. The van der Waals surface area contributed by atoms with E-state index in [2.05, 4.69) is 22.0 Å². The largest absolute Gasteiger partial charge is 0.422 e. The monoisotopic (exact) mass is 322 g/mol. The summed E-state index contributed by atoms with van der Waals surface area (Å²) in [4.78, 5) is 8.07. The molecule has 2 aromatic heterocycles. The molecule has 0 unspecified atom stereocenters. The fraction of sp³-hybridized carbons (Fsp3) is 0.214. The number of halogens is 2. The van der Waals surface area contributed by atoms with Gasteiger partial charge in [-0.05, 0) is 18.6 Å². The molecule has 0 spiro atoms. The molecule has 21 heavy (non-hydrogen) atoms. The van der Waals surface area contributed by atoms with Crippen LogP contribution in [0.15, 0.2) is 30.6 Å². The molecule has 0 aliphatic carbocycles. The van der Waals surface area contributed by atoms with Crippen molar-refractivity contribution in [1.82, 2.24) is 19.7 Å². The maximum absolute atomic E-state index is 6.17. The highest BCUT2D eigenvalue weighted by atomic mass is 35.5. The second kappa shape index (κ2) is 5.87. The SMILES string of the molecule is CCCn1nc(Cl)c2cccc(Oc3ncc(Cl)cn3)c21. The van der Waals surface area contributed by atoms with Crippen LogP contribution in [0.3, 0.4) is 0 Å². The Bertz CT molecular complexity index is 770. The first-order valence-corrected chi connectivity index (χ1v) is 7.25. The summed E-state index contributed by atoms with van der Waals surface area (Å²) in [5.74, 6) is 0.614. The highest BCUT2D eigenvalue weighted by Crippen LogP contribution is 2.32. The summed E-state index contributed by atoms with van der Waals surface area (Å²) in [6, 6.07) is 5.83. The van der Waals surface area contributed by atoms with Gasteiger partial charge < -0.3 is 4.74 Å². The number of fused-ring (bicyclic) bond motifs is 1. The number of rotatable bonds is 4. The van der Waals surface area contributed by atoms with Crippen LogP contribution >= 0.6 is 23.2 Å². The molecule has 2 heterocycles. The Labute approximate surface area is 131 Å². The van der Waals surface area contributed by atoms with Crippen molar-refractivity contribution in [2.75, 3.05) is 0 Å². The Kier molecular flexibility index (Phi) is 3.94. The van der Waals surface area contributed by atoms with E-state index < -0.39 is 0 Å². The maximum Gasteiger partial charge on any atom is 0.322 e. The van der Waals surface area contributed by atoms with Crippen molar-refractivity contribution >= 4 is 34.1 Å². The smallest absolute Gasteiger partial charge is 0.322 e. The molecule has 3 aromatic rings. The van der Waals surface area contributed by atoms with Gasteiger partial charge in [-0.25, -0.2) is 9.97 Å². The lowest BCUT2D eigenvalue weighted by Crippen LogP contribution is -2.00. The van der Waals surface area contributed by atoms with Crippen LogP contribution in [0.5, 0.6) is 11.8 Å². The van der Waals surface area contributed by atoms with Gasteiger partial charge in [-0.3, -0.25) is 4.68 Å². The molecule has 3 rings (SSSR count). The van der Waals surface area contributed by atoms with E-state index in [1.165, 1.54) is 12.4 Å². The van der Waals surface area contributed by atoms with Crippen LogP contribution < -0.4 is 4.74 Å². The summed E-state index contributed by atoms with van der Waals surface area (Å²) in [5, 5.41) is 6.10. The molecule has 0 aliphatic heterocycles. The normalized spacial score (nSPS) is 11.0. The van der Waals surface area contributed by atoms with E-state index in [1.807, 2.05) is 22.9 Å². The fourth-order valence-corrected chi connectivity index (χ4v) is 2.41. The lowest BCUT2D eigenvalue weighted by atomic mass is 10.2. The lowest BCUT2D eigenvalue weighted by Gasteiger charge is -2.07. The molecule has 0 saturated carbocycles. The van der Waals surface area contributed by atoms with Crippen LogP contribution in [0.4, 0.5) is 0 Å². The third-order valence-corrected chi connectivity index (χ3v) is 3.40. The molecule has 1 aromatic carbocycles. The Morgan fingerprint density at radius 1 is 1.19 bits per heavy atom. The summed E-state index contributed by atoms with van der Waals surface area (Å²) in [6.07, 6.45) is 3.92. The fourth-order valence-electron chi connectivity index (χ4n) is 2.07. The third-order valence-electron chi connectivity index (χ3n) is 2.92. The molecule has 0 saturated heterocycles. The predicted molar refractivity (Wildman–Crippen MR) is 82.2 cm³/mol. The number of benzene rings is 1. The molecule has 0 radical (unpaired) electrons. The van der Waals surface area contributed by atoms with Crippen LogP contribution in [0.1, 0.15) is 13.3 Å². The Morgan fingerprint density at radius 3 is 2.67 bits per heavy atom. The van der Waals surface area contributed by atoms with Crippen LogP contribution in [0.2, 0.25) is 10.2 Å². The molecule has 108 valence electrons. The summed E-state index contributed by atoms with van der Waals surface area (Å²) in [5.41, 5.74) is 0.836. The number of hydrogen-bond donors (Lipinski definition) is 0. The van der Waals surface area contributed by atoms with Crippen molar-refractivity contribution in [2.24, 2.45) is 0 Å². The van der Waals surface area contributed by atoms with Crippen molar-refractivity contribution in [2.45, 2.75) is 19.9 Å². The van der Waals surface area contributed by atoms with E-state index in [1.54, 1.807) is 0 Å². The second-order valence-electron chi connectivity index (χ2n) is 4.45. The first-order valence-electron chi connectivity index (χ1n) is 6.49. The van der Waals surface area contributed by atoms with Crippen LogP contribution in [-0.4, -0.2) is 19.7 Å². The van der Waals surface area contributed by atoms with Gasteiger partial charge in [-0.2, -0.15) is 5.10 Å². The van der Waals surface area contributed by atoms with Gasteiger partial charge in [0.25, 0.3) is 0 Å². The predicted octanol–water partition coefficient (Wildman–Crippen LogP) is 4.34. The zero-order valence-electron chi connectivity index (χ0n) is 11.3. The molecule has 0 N–H and O–H groups in total. The van der Waals surface area contributed by atoms with Crippen molar-refractivity contribution in [3.05, 3.63) is 40.8 Å². The van der Waals surface area contributed by atoms with E-state index in [0.29, 0.717) is 15.9 Å². The van der Waals surface area contributed by atoms with E-state index >= 15 is 0 Å². The summed E-state index contributed by atoms with van der Waals surface area (Å²) < 4.78 is 7.58. The minimum Gasteiger partial charge on any atom is -0.422 e. The molecule has 5 nitrogen and oxygen atoms in total. The molecular formula is C14H12Cl2N4O. The topological polar surface area (TPSA) is 52.8 Å². The van der Waals surface area contributed by atoms with Gasteiger partial charge >= 0.3 is 6.01 Å². The number of para-hydroxylation sites is 1. The molecule has 0 amide bonds. The van der Waals surface area contributed by atoms with Crippen LogP contribution in [0.25, 0.3) is 10.9 Å². The van der Waals surface area contributed by atoms with Crippen LogP contribution in [0, 0.1) is 0 Å². The Balaban J connectivity index is 2.07. The molecule has 0 bridgehead atoms. The van der Waals surface area contributed by atoms with Gasteiger partial charge in [-0.1, -0.05) is 36.2 Å². The summed E-state index contributed by atoms with van der Waals surface area (Å²) in [6.45, 7) is 2.83. The molecular weight excluding hydrogens is 311 g/mol. The van der Waals surface area contributed by atoms with Crippen molar-refractivity contribution in [3.63, 3.8) is 0 Å². The Hall–Kier alpha value is -1.85. The zero-order chi connectivity index (χ0) is 14.8. The quantitative estimate of drug-likeness (QED) is 0.717. The molecule has 0 atom stereocenters. The number of nitrogens with zero attached hydrogens (tertiary/aromatic N) is 4. The van der Waals surface area contributed by atoms with E-state index in [-0.39, 0.29) is 6.01 Å². The first-order chi connectivity index (χ1) is 10.2. The minimum atomic E-state index is 0.229. The summed E-state index contributed by atoms with van der Waals surface area (Å²) >= 11 is 11.9. The van der Waals surface area contributed by atoms with E-state index in [4.69, 9.17) is 27.9 Å². The number of aromatic nitrogens is 4. The average Bonchev–Trinajstić information content (AvgIpc) is 2.80. The number of hydrogen-bond acceptors (Lipinski definition) is 4. The van der Waals surface area contributed by atoms with Crippen molar-refractivity contribution < 1.29 is 4.74 Å². The van der Waals surface area contributed by atoms with Gasteiger partial charge in [0.05, 0.1) is 17.4 Å². The van der Waals surface area contributed by atoms with Gasteiger partial charge in [0.2, 0.25) is 0 Å². The standard InChI is InChI=1S/C14H12Cl2N4O/c1-2-6-20-12-10(13(16)19-20)4-3-5-11(12)21-14-17-7-9(15)8-18-14/h3-5,7-8H,2,6H2,1H3. The first kappa shape index (κ1) is 14.1. The number of aryl methyl sites for hydroxylation is 1. The van der Waals surface area contributed by atoms with Crippen molar-refractivity contribution in [3.8, 4) is 11.8 Å². The van der Waals surface area contributed by atoms with Gasteiger partial charge in [0.15, 0.2) is 10.9 Å². The minimum absolute atomic E-state index is 0.229. The van der Waals surface area contributed by atoms with Crippen LogP contribution in [-0.2, 0) is 6.54 Å². The average molecular weight is 323 g/mol. The Morgan fingerprint density at radius 2 is 1.95 bits per heavy atom.